The van der Waals surface area contributed by atoms with Gasteiger partial charge < -0.3 is 14.6 Å². The number of hydrogen-bond donors (Lipinski definition) is 1. The summed E-state index contributed by atoms with van der Waals surface area (Å²) in [6, 6.07) is 7.35. The highest BCUT2D eigenvalue weighted by atomic mass is 16.6. The maximum absolute atomic E-state index is 9.02. The van der Waals surface area contributed by atoms with Crippen LogP contribution in [0.3, 0.4) is 0 Å². The van der Waals surface area contributed by atoms with Crippen molar-refractivity contribution in [1.82, 2.24) is 0 Å². The van der Waals surface area contributed by atoms with Gasteiger partial charge in [0.25, 0.3) is 0 Å². The zero-order valence-corrected chi connectivity index (χ0v) is 11.1. The first-order chi connectivity index (χ1) is 7.93. The molecule has 3 nitrogen and oxygen atoms in total. The Kier molecular flexibility index (Phi) is 4.97. The molecule has 1 saturated heterocycles. The van der Waals surface area contributed by atoms with E-state index < -0.39 is 0 Å². The Morgan fingerprint density at radius 3 is 2.12 bits per heavy atom. The van der Waals surface area contributed by atoms with Gasteiger partial charge in [0, 0.05) is 7.11 Å². The maximum atomic E-state index is 9.02. The van der Waals surface area contributed by atoms with Crippen LogP contribution in [0.25, 0.3) is 0 Å². The van der Waals surface area contributed by atoms with Crippen LogP contribution in [0, 0.1) is 0 Å². The molecular weight excluding hydrogens is 216 g/mol. The van der Waals surface area contributed by atoms with Crippen LogP contribution in [-0.2, 0) is 14.9 Å². The van der Waals surface area contributed by atoms with Crippen LogP contribution in [0.15, 0.2) is 24.3 Å². The molecule has 2 rings (SSSR count). The van der Waals surface area contributed by atoms with Crippen molar-refractivity contribution in [2.24, 2.45) is 0 Å². The van der Waals surface area contributed by atoms with E-state index in [-0.39, 0.29) is 5.41 Å². The van der Waals surface area contributed by atoms with Gasteiger partial charge in [-0.3, -0.25) is 0 Å². The van der Waals surface area contributed by atoms with Gasteiger partial charge in [-0.05, 0) is 23.1 Å². The molecule has 1 fully saturated rings. The second kappa shape index (κ2) is 6.03. The number of rotatable bonds is 2. The smallest absolute Gasteiger partial charge is 0.115 e. The van der Waals surface area contributed by atoms with Gasteiger partial charge in [0.2, 0.25) is 0 Å². The molecular formula is C14H22O3. The highest BCUT2D eigenvalue weighted by Gasteiger charge is 2.21. The van der Waals surface area contributed by atoms with Crippen LogP contribution in [0.1, 0.15) is 26.3 Å². The molecule has 1 heterocycles. The van der Waals surface area contributed by atoms with Crippen molar-refractivity contribution in [2.75, 3.05) is 20.3 Å². The SMILES string of the molecule is CC(C)(C)c1ccc(O)cc1.COCC1CO1. The number of epoxide rings is 1. The Morgan fingerprint density at radius 1 is 1.29 bits per heavy atom. The average Bonchev–Trinajstić information content (AvgIpc) is 3.02. The number of hydrogen-bond acceptors (Lipinski definition) is 3. The summed E-state index contributed by atoms with van der Waals surface area (Å²) < 4.78 is 9.56. The number of ether oxygens (including phenoxy) is 2. The van der Waals surface area contributed by atoms with Crippen LogP contribution in [-0.4, -0.2) is 31.5 Å². The van der Waals surface area contributed by atoms with Gasteiger partial charge in [-0.15, -0.1) is 0 Å². The number of methoxy groups -OCH3 is 1. The molecule has 0 aromatic heterocycles. The standard InChI is InChI=1S/C10H14O.C4H8O2/c1-10(2,3)8-4-6-9(11)7-5-8;1-5-2-4-3-6-4/h4-7,11H,1-3H3;4H,2-3H2,1H3. The average molecular weight is 238 g/mol. The van der Waals surface area contributed by atoms with E-state index in [1.807, 2.05) is 12.1 Å². The lowest BCUT2D eigenvalue weighted by Gasteiger charge is -2.18. The minimum atomic E-state index is 0.174. The van der Waals surface area contributed by atoms with Crippen LogP contribution >= 0.6 is 0 Å². The lowest BCUT2D eigenvalue weighted by atomic mass is 9.87. The van der Waals surface area contributed by atoms with Gasteiger partial charge in [-0.1, -0.05) is 32.9 Å². The van der Waals surface area contributed by atoms with Crippen LogP contribution in [0.4, 0.5) is 0 Å². The van der Waals surface area contributed by atoms with Crippen molar-refractivity contribution in [2.45, 2.75) is 32.3 Å². The Hall–Kier alpha value is -1.06. The summed E-state index contributed by atoms with van der Waals surface area (Å²) >= 11 is 0. The molecule has 17 heavy (non-hydrogen) atoms. The monoisotopic (exact) mass is 238 g/mol. The van der Waals surface area contributed by atoms with Gasteiger partial charge in [0.05, 0.1) is 13.2 Å². The van der Waals surface area contributed by atoms with E-state index >= 15 is 0 Å². The summed E-state index contributed by atoms with van der Waals surface area (Å²) in [6.07, 6.45) is 0.426. The first-order valence-corrected chi connectivity index (χ1v) is 5.83. The first kappa shape index (κ1) is 14.0. The van der Waals surface area contributed by atoms with Crippen LogP contribution in [0.5, 0.6) is 5.75 Å². The Morgan fingerprint density at radius 2 is 1.82 bits per heavy atom. The van der Waals surface area contributed by atoms with E-state index in [9.17, 15) is 0 Å². The summed E-state index contributed by atoms with van der Waals surface area (Å²) in [5.41, 5.74) is 1.42. The van der Waals surface area contributed by atoms with Gasteiger partial charge >= 0.3 is 0 Å². The zero-order chi connectivity index (χ0) is 12.9. The molecule has 1 N–H and O–H groups in total. The molecule has 1 atom stereocenters. The fourth-order valence-corrected chi connectivity index (χ4v) is 1.31. The summed E-state index contributed by atoms with van der Waals surface area (Å²) in [5.74, 6) is 0.331. The lowest BCUT2D eigenvalue weighted by molar-refractivity contribution is 0.171. The summed E-state index contributed by atoms with van der Waals surface area (Å²) in [7, 11) is 1.68. The van der Waals surface area contributed by atoms with Crippen molar-refractivity contribution >= 4 is 0 Å². The largest absolute Gasteiger partial charge is 0.508 e. The molecule has 0 radical (unpaired) electrons. The van der Waals surface area contributed by atoms with Crippen molar-refractivity contribution in [1.29, 1.82) is 0 Å². The van der Waals surface area contributed by atoms with Crippen molar-refractivity contribution < 1.29 is 14.6 Å². The maximum Gasteiger partial charge on any atom is 0.115 e. The molecule has 96 valence electrons. The Labute approximate surface area is 103 Å². The second-order valence-electron chi connectivity index (χ2n) is 5.21. The molecule has 0 aliphatic carbocycles. The topological polar surface area (TPSA) is 42.0 Å². The zero-order valence-electron chi connectivity index (χ0n) is 11.1. The molecule has 3 heteroatoms. The predicted octanol–water partition coefficient (Wildman–Crippen LogP) is 2.72. The van der Waals surface area contributed by atoms with Gasteiger partial charge in [-0.2, -0.15) is 0 Å². The molecule has 0 saturated carbocycles. The van der Waals surface area contributed by atoms with Gasteiger partial charge in [0.15, 0.2) is 0 Å². The van der Waals surface area contributed by atoms with Gasteiger partial charge in [0.1, 0.15) is 11.9 Å². The van der Waals surface area contributed by atoms with E-state index in [1.165, 1.54) is 5.56 Å². The fourth-order valence-electron chi connectivity index (χ4n) is 1.31. The number of aromatic hydroxyl groups is 1. The first-order valence-electron chi connectivity index (χ1n) is 5.83. The molecule has 1 aliphatic rings. The van der Waals surface area contributed by atoms with E-state index in [0.717, 1.165) is 13.2 Å². The lowest BCUT2D eigenvalue weighted by Crippen LogP contribution is -2.10. The number of benzene rings is 1. The quantitative estimate of drug-likeness (QED) is 0.805. The second-order valence-corrected chi connectivity index (χ2v) is 5.21. The van der Waals surface area contributed by atoms with E-state index in [0.29, 0.717) is 11.9 Å². The molecule has 0 spiro atoms. The normalized spacial score (nSPS) is 18.2. The number of phenolic OH excluding ortho intramolecular Hbond substituents is 1. The third-order valence-corrected chi connectivity index (χ3v) is 2.49. The van der Waals surface area contributed by atoms with E-state index in [2.05, 4.69) is 20.8 Å². The summed E-state index contributed by atoms with van der Waals surface area (Å²) in [4.78, 5) is 0. The molecule has 0 amide bonds. The number of phenols is 1. The third kappa shape index (κ3) is 5.71. The van der Waals surface area contributed by atoms with Crippen molar-refractivity contribution in [3.05, 3.63) is 29.8 Å². The van der Waals surface area contributed by atoms with E-state index in [1.54, 1.807) is 19.2 Å². The molecule has 1 unspecified atom stereocenters. The Balaban J connectivity index is 0.000000202. The molecule has 1 aliphatic heterocycles. The minimum absolute atomic E-state index is 0.174. The molecule has 0 bridgehead atoms. The summed E-state index contributed by atoms with van der Waals surface area (Å²) in [5, 5.41) is 9.02. The molecule has 1 aromatic rings. The van der Waals surface area contributed by atoms with Crippen molar-refractivity contribution in [3.63, 3.8) is 0 Å². The summed E-state index contributed by atoms with van der Waals surface area (Å²) in [6.45, 7) is 8.12. The van der Waals surface area contributed by atoms with Crippen molar-refractivity contribution in [3.8, 4) is 5.75 Å². The van der Waals surface area contributed by atoms with Crippen LogP contribution < -0.4 is 0 Å². The van der Waals surface area contributed by atoms with Crippen LogP contribution in [0.2, 0.25) is 0 Å². The Bertz CT molecular complexity index is 320. The molecule has 1 aromatic carbocycles. The minimum Gasteiger partial charge on any atom is -0.508 e. The highest BCUT2D eigenvalue weighted by molar-refractivity contribution is 5.29. The fraction of sp³-hybridized carbons (Fsp3) is 0.571. The predicted molar refractivity (Wildman–Crippen MR) is 68.4 cm³/mol. The van der Waals surface area contributed by atoms with Gasteiger partial charge in [-0.25, -0.2) is 0 Å². The third-order valence-electron chi connectivity index (χ3n) is 2.49. The highest BCUT2D eigenvalue weighted by Crippen LogP contribution is 2.23. The van der Waals surface area contributed by atoms with E-state index in [4.69, 9.17) is 14.6 Å².